The molecule has 0 aromatic heterocycles. The third-order valence-electron chi connectivity index (χ3n) is 4.16. The molecule has 2 aromatic rings. The van der Waals surface area contributed by atoms with Gasteiger partial charge in [-0.15, -0.1) is 0 Å². The van der Waals surface area contributed by atoms with E-state index >= 15 is 0 Å². The fourth-order valence-electron chi connectivity index (χ4n) is 2.71. The Kier molecular flexibility index (Phi) is 5.65. The number of carbonyl (C=O) groups is 1. The maximum atomic E-state index is 12.8. The summed E-state index contributed by atoms with van der Waals surface area (Å²) >= 11 is 0. The van der Waals surface area contributed by atoms with Crippen LogP contribution < -0.4 is 9.47 Å². The van der Waals surface area contributed by atoms with Crippen LogP contribution in [0.3, 0.4) is 0 Å². The summed E-state index contributed by atoms with van der Waals surface area (Å²) in [5.74, 6) is 1.21. The fraction of sp³-hybridized carbons (Fsp3) is 0.286. The molecule has 0 saturated carbocycles. The molecule has 0 saturated heterocycles. The molecule has 1 aliphatic rings. The van der Waals surface area contributed by atoms with Crippen LogP contribution in [0.5, 0.6) is 11.5 Å². The molecule has 0 radical (unpaired) electrons. The van der Waals surface area contributed by atoms with E-state index in [4.69, 9.17) is 9.47 Å². The first-order valence-corrected chi connectivity index (χ1v) is 9.90. The maximum absolute atomic E-state index is 12.8. The molecule has 0 spiro atoms. The average Bonchev–Trinajstić information content (AvgIpc) is 3.11. The molecule has 1 atom stereocenters. The number of amides is 1. The maximum Gasteiger partial charge on any atom is 0.247 e. The molecule has 0 N–H and O–H groups in total. The van der Waals surface area contributed by atoms with Crippen molar-refractivity contribution in [3.8, 4) is 11.5 Å². The Labute approximate surface area is 162 Å². The van der Waals surface area contributed by atoms with Crippen molar-refractivity contribution < 1.29 is 18.5 Å². The van der Waals surface area contributed by atoms with Crippen LogP contribution in [0.15, 0.2) is 64.9 Å². The zero-order chi connectivity index (χ0) is 19.4. The summed E-state index contributed by atoms with van der Waals surface area (Å²) in [6, 6.07) is 14.7. The van der Waals surface area contributed by atoms with Crippen LogP contribution in [0.4, 0.5) is 0 Å². The molecule has 0 fully saturated rings. The highest BCUT2D eigenvalue weighted by molar-refractivity contribution is 7.88. The van der Waals surface area contributed by atoms with Crippen LogP contribution in [0.25, 0.3) is 0 Å². The molecule has 0 bridgehead atoms. The Bertz CT molecular complexity index is 871. The lowest BCUT2D eigenvalue weighted by molar-refractivity contribution is -0.131. The largest absolute Gasteiger partial charge is 0.454 e. The topological polar surface area (TPSA) is 55.8 Å². The quantitative estimate of drug-likeness (QED) is 0.734. The molecule has 1 aliphatic heterocycles. The van der Waals surface area contributed by atoms with Crippen LogP contribution >= 0.6 is 0 Å². The van der Waals surface area contributed by atoms with Crippen molar-refractivity contribution in [2.75, 3.05) is 6.79 Å². The van der Waals surface area contributed by atoms with Gasteiger partial charge in [-0.05, 0) is 50.6 Å². The SMILES string of the molecule is CC(C)(C)N(Cc1ccc2c(c1)OCO2)C(=O)/C=C/S(=O)c1ccccc1. The van der Waals surface area contributed by atoms with Gasteiger partial charge in [0.05, 0.1) is 10.8 Å². The summed E-state index contributed by atoms with van der Waals surface area (Å²) in [5, 5.41) is 1.44. The van der Waals surface area contributed by atoms with E-state index in [1.54, 1.807) is 17.0 Å². The highest BCUT2D eigenvalue weighted by atomic mass is 32.2. The Hall–Kier alpha value is -2.60. The molecular weight excluding hydrogens is 362 g/mol. The fourth-order valence-corrected chi connectivity index (χ4v) is 3.53. The molecule has 3 rings (SSSR count). The van der Waals surface area contributed by atoms with Gasteiger partial charge in [0.15, 0.2) is 11.5 Å². The molecule has 0 aliphatic carbocycles. The summed E-state index contributed by atoms with van der Waals surface area (Å²) < 4.78 is 23.1. The summed E-state index contributed by atoms with van der Waals surface area (Å²) in [7, 11) is -1.36. The minimum Gasteiger partial charge on any atom is -0.454 e. The average molecular weight is 385 g/mol. The molecule has 27 heavy (non-hydrogen) atoms. The predicted octanol–water partition coefficient (Wildman–Crippen LogP) is 3.86. The van der Waals surface area contributed by atoms with Gasteiger partial charge in [-0.3, -0.25) is 4.79 Å². The second-order valence-electron chi connectivity index (χ2n) is 7.20. The molecule has 1 heterocycles. The second kappa shape index (κ2) is 7.96. The van der Waals surface area contributed by atoms with Gasteiger partial charge < -0.3 is 14.4 Å². The molecule has 1 unspecified atom stereocenters. The van der Waals surface area contributed by atoms with Crippen molar-refractivity contribution in [3.63, 3.8) is 0 Å². The van der Waals surface area contributed by atoms with E-state index in [1.807, 2.05) is 57.2 Å². The van der Waals surface area contributed by atoms with Gasteiger partial charge in [-0.2, -0.15) is 0 Å². The highest BCUT2D eigenvalue weighted by Gasteiger charge is 2.26. The van der Waals surface area contributed by atoms with E-state index < -0.39 is 16.3 Å². The number of ether oxygens (including phenoxy) is 2. The van der Waals surface area contributed by atoms with Gasteiger partial charge in [0.1, 0.15) is 0 Å². The molecule has 1 amide bonds. The Morgan fingerprint density at radius 1 is 1.11 bits per heavy atom. The van der Waals surface area contributed by atoms with Crippen molar-refractivity contribution in [1.82, 2.24) is 4.90 Å². The van der Waals surface area contributed by atoms with Crippen molar-refractivity contribution in [1.29, 1.82) is 0 Å². The lowest BCUT2D eigenvalue weighted by atomic mass is 10.0. The second-order valence-corrected chi connectivity index (χ2v) is 8.53. The Morgan fingerprint density at radius 2 is 1.81 bits per heavy atom. The number of fused-ring (bicyclic) bond motifs is 1. The van der Waals surface area contributed by atoms with E-state index in [0.717, 1.165) is 5.56 Å². The van der Waals surface area contributed by atoms with Crippen molar-refractivity contribution in [2.24, 2.45) is 0 Å². The third kappa shape index (κ3) is 4.77. The Balaban J connectivity index is 1.75. The van der Waals surface area contributed by atoms with Gasteiger partial charge in [0.25, 0.3) is 0 Å². The monoisotopic (exact) mass is 385 g/mol. The number of nitrogens with zero attached hydrogens (tertiary/aromatic N) is 1. The number of benzene rings is 2. The summed E-state index contributed by atoms with van der Waals surface area (Å²) in [5.41, 5.74) is 0.548. The van der Waals surface area contributed by atoms with Crippen molar-refractivity contribution in [3.05, 3.63) is 65.6 Å². The van der Waals surface area contributed by atoms with Gasteiger partial charge in [-0.1, -0.05) is 24.3 Å². The van der Waals surface area contributed by atoms with Crippen LogP contribution in [-0.4, -0.2) is 27.3 Å². The predicted molar refractivity (Wildman–Crippen MR) is 105 cm³/mol. The zero-order valence-corrected chi connectivity index (χ0v) is 16.5. The molecule has 5 nitrogen and oxygen atoms in total. The first-order chi connectivity index (χ1) is 12.8. The van der Waals surface area contributed by atoms with Crippen LogP contribution in [-0.2, 0) is 22.1 Å². The van der Waals surface area contributed by atoms with Gasteiger partial charge >= 0.3 is 0 Å². The lowest BCUT2D eigenvalue weighted by Crippen LogP contribution is -2.44. The number of rotatable bonds is 5. The zero-order valence-electron chi connectivity index (χ0n) is 15.7. The van der Waals surface area contributed by atoms with Crippen LogP contribution in [0.1, 0.15) is 26.3 Å². The van der Waals surface area contributed by atoms with E-state index in [9.17, 15) is 9.00 Å². The van der Waals surface area contributed by atoms with Gasteiger partial charge in [0, 0.05) is 28.5 Å². The van der Waals surface area contributed by atoms with Gasteiger partial charge in [-0.25, -0.2) is 4.21 Å². The molecular formula is C21H23NO4S. The minimum atomic E-state index is -1.36. The van der Waals surface area contributed by atoms with E-state index in [1.165, 1.54) is 11.5 Å². The van der Waals surface area contributed by atoms with E-state index in [0.29, 0.717) is 22.9 Å². The standard InChI is InChI=1S/C21H23NO4S/c1-21(2,3)22(14-16-9-10-18-19(13-16)26-15-25-18)20(23)11-12-27(24)17-7-5-4-6-8-17/h4-13H,14-15H2,1-3H3/b12-11+. The van der Waals surface area contributed by atoms with E-state index in [2.05, 4.69) is 0 Å². The smallest absolute Gasteiger partial charge is 0.247 e. The molecule has 6 heteroatoms. The lowest BCUT2D eigenvalue weighted by Gasteiger charge is -2.35. The molecule has 142 valence electrons. The number of hydrogen-bond donors (Lipinski definition) is 0. The minimum absolute atomic E-state index is 0.190. The summed E-state index contributed by atoms with van der Waals surface area (Å²) in [6.07, 6.45) is 1.39. The first kappa shape index (κ1) is 19.2. The highest BCUT2D eigenvalue weighted by Crippen LogP contribution is 2.33. The summed E-state index contributed by atoms with van der Waals surface area (Å²) in [6.45, 7) is 6.55. The summed E-state index contributed by atoms with van der Waals surface area (Å²) in [4.78, 5) is 15.2. The third-order valence-corrected chi connectivity index (χ3v) is 5.28. The van der Waals surface area contributed by atoms with Crippen LogP contribution in [0, 0.1) is 0 Å². The number of hydrogen-bond acceptors (Lipinski definition) is 4. The Morgan fingerprint density at radius 3 is 2.52 bits per heavy atom. The van der Waals surface area contributed by atoms with Crippen molar-refractivity contribution in [2.45, 2.75) is 37.8 Å². The van der Waals surface area contributed by atoms with Crippen LogP contribution in [0.2, 0.25) is 0 Å². The first-order valence-electron chi connectivity index (χ1n) is 8.68. The van der Waals surface area contributed by atoms with Crippen molar-refractivity contribution >= 4 is 16.7 Å². The van der Waals surface area contributed by atoms with E-state index in [-0.39, 0.29) is 12.7 Å². The van der Waals surface area contributed by atoms with Gasteiger partial charge in [0.2, 0.25) is 12.7 Å². The molecule has 2 aromatic carbocycles. The normalized spacial score (nSPS) is 14.3. The number of carbonyl (C=O) groups excluding carboxylic acids is 1.